The fourth-order valence-electron chi connectivity index (χ4n) is 2.12. The maximum atomic E-state index is 13.6. The van der Waals surface area contributed by atoms with Gasteiger partial charge in [0.15, 0.2) is 5.76 Å². The fraction of sp³-hybridized carbons (Fsp3) is 0.294. The molecule has 0 bridgehead atoms. The van der Waals surface area contributed by atoms with E-state index in [0.29, 0.717) is 13.0 Å². The van der Waals surface area contributed by atoms with Crippen LogP contribution in [-0.2, 0) is 11.3 Å². The third-order valence-electron chi connectivity index (χ3n) is 3.45. The van der Waals surface area contributed by atoms with Crippen molar-refractivity contribution in [3.63, 3.8) is 0 Å². The van der Waals surface area contributed by atoms with Crippen molar-refractivity contribution < 1.29 is 22.8 Å². The Hall–Kier alpha value is -2.70. The molecule has 1 aromatic carbocycles. The van der Waals surface area contributed by atoms with Crippen LogP contribution in [0, 0.1) is 11.6 Å². The van der Waals surface area contributed by atoms with Crippen molar-refractivity contribution in [2.75, 3.05) is 13.6 Å². The van der Waals surface area contributed by atoms with Crippen molar-refractivity contribution in [2.45, 2.75) is 19.4 Å². The highest BCUT2D eigenvalue weighted by molar-refractivity contribution is 5.91. The standard InChI is InChI=1S/C17H18F2N2O3/c1-21(11-12-6-7-13(18)10-14(12)19)16(22)5-2-8-20-17(23)15-4-3-9-24-15/h3-4,6-7,9-10H,2,5,8,11H2,1H3,(H,20,23). The van der Waals surface area contributed by atoms with E-state index in [9.17, 15) is 18.4 Å². The van der Waals surface area contributed by atoms with Gasteiger partial charge in [0.1, 0.15) is 11.6 Å². The van der Waals surface area contributed by atoms with Gasteiger partial charge in [-0.1, -0.05) is 6.07 Å². The normalized spacial score (nSPS) is 10.5. The van der Waals surface area contributed by atoms with Gasteiger partial charge in [-0.15, -0.1) is 0 Å². The maximum absolute atomic E-state index is 13.6. The van der Waals surface area contributed by atoms with E-state index in [4.69, 9.17) is 4.42 Å². The molecule has 0 spiro atoms. The van der Waals surface area contributed by atoms with Crippen LogP contribution in [0.4, 0.5) is 8.78 Å². The average molecular weight is 336 g/mol. The third-order valence-corrected chi connectivity index (χ3v) is 3.45. The molecule has 0 aliphatic carbocycles. The summed E-state index contributed by atoms with van der Waals surface area (Å²) >= 11 is 0. The van der Waals surface area contributed by atoms with Crippen molar-refractivity contribution in [3.8, 4) is 0 Å². The second-order valence-electron chi connectivity index (χ2n) is 5.32. The summed E-state index contributed by atoms with van der Waals surface area (Å²) in [5, 5.41) is 2.64. The lowest BCUT2D eigenvalue weighted by Gasteiger charge is -2.17. The Morgan fingerprint density at radius 3 is 2.71 bits per heavy atom. The summed E-state index contributed by atoms with van der Waals surface area (Å²) in [6, 6.07) is 6.42. The Bertz CT molecular complexity index is 702. The van der Waals surface area contributed by atoms with Crippen LogP contribution in [0.25, 0.3) is 0 Å². The molecule has 0 aliphatic heterocycles. The monoisotopic (exact) mass is 336 g/mol. The van der Waals surface area contributed by atoms with Gasteiger partial charge in [0, 0.05) is 38.2 Å². The van der Waals surface area contributed by atoms with E-state index in [-0.39, 0.29) is 36.1 Å². The van der Waals surface area contributed by atoms with Gasteiger partial charge in [-0.25, -0.2) is 8.78 Å². The molecule has 24 heavy (non-hydrogen) atoms. The number of nitrogens with one attached hydrogen (secondary N) is 1. The number of hydrogen-bond acceptors (Lipinski definition) is 3. The van der Waals surface area contributed by atoms with Gasteiger partial charge in [-0.3, -0.25) is 9.59 Å². The first-order valence-corrected chi connectivity index (χ1v) is 7.47. The zero-order chi connectivity index (χ0) is 17.5. The molecule has 1 heterocycles. The van der Waals surface area contributed by atoms with Crippen LogP contribution in [0.1, 0.15) is 29.0 Å². The van der Waals surface area contributed by atoms with Crippen molar-refractivity contribution >= 4 is 11.8 Å². The van der Waals surface area contributed by atoms with Gasteiger partial charge in [0.25, 0.3) is 5.91 Å². The smallest absolute Gasteiger partial charge is 0.286 e. The molecule has 2 aromatic rings. The first-order valence-electron chi connectivity index (χ1n) is 7.47. The molecule has 0 atom stereocenters. The van der Waals surface area contributed by atoms with Gasteiger partial charge in [-0.05, 0) is 24.6 Å². The highest BCUT2D eigenvalue weighted by atomic mass is 19.1. The Morgan fingerprint density at radius 1 is 1.25 bits per heavy atom. The quantitative estimate of drug-likeness (QED) is 0.791. The molecule has 0 unspecified atom stereocenters. The Morgan fingerprint density at radius 2 is 2.04 bits per heavy atom. The molecule has 128 valence electrons. The van der Waals surface area contributed by atoms with E-state index in [0.717, 1.165) is 12.1 Å². The minimum Gasteiger partial charge on any atom is -0.459 e. The van der Waals surface area contributed by atoms with Gasteiger partial charge in [-0.2, -0.15) is 0 Å². The zero-order valence-electron chi connectivity index (χ0n) is 13.2. The van der Waals surface area contributed by atoms with Crippen LogP contribution in [0.5, 0.6) is 0 Å². The number of rotatable bonds is 7. The molecular weight excluding hydrogens is 318 g/mol. The first-order chi connectivity index (χ1) is 11.5. The molecule has 0 saturated heterocycles. The van der Waals surface area contributed by atoms with Crippen molar-refractivity contribution in [1.82, 2.24) is 10.2 Å². The fourth-order valence-corrected chi connectivity index (χ4v) is 2.12. The van der Waals surface area contributed by atoms with E-state index in [2.05, 4.69) is 5.32 Å². The molecule has 0 aliphatic rings. The summed E-state index contributed by atoms with van der Waals surface area (Å²) in [6.45, 7) is 0.383. The lowest BCUT2D eigenvalue weighted by Crippen LogP contribution is -2.29. The third kappa shape index (κ3) is 4.91. The van der Waals surface area contributed by atoms with Crippen molar-refractivity contribution in [3.05, 3.63) is 59.6 Å². The van der Waals surface area contributed by atoms with E-state index in [1.165, 1.54) is 17.2 Å². The maximum Gasteiger partial charge on any atom is 0.286 e. The number of amides is 2. The lowest BCUT2D eigenvalue weighted by molar-refractivity contribution is -0.130. The number of halogens is 2. The van der Waals surface area contributed by atoms with Crippen molar-refractivity contribution in [2.24, 2.45) is 0 Å². The van der Waals surface area contributed by atoms with E-state index < -0.39 is 11.6 Å². The second-order valence-corrected chi connectivity index (χ2v) is 5.32. The topological polar surface area (TPSA) is 62.6 Å². The SMILES string of the molecule is CN(Cc1ccc(F)cc1F)C(=O)CCCNC(=O)c1ccco1. The highest BCUT2D eigenvalue weighted by Crippen LogP contribution is 2.12. The van der Waals surface area contributed by atoms with Gasteiger partial charge in [0.05, 0.1) is 6.26 Å². The van der Waals surface area contributed by atoms with Crippen LogP contribution < -0.4 is 5.32 Å². The summed E-state index contributed by atoms with van der Waals surface area (Å²) in [5.74, 6) is -1.65. The molecule has 1 aromatic heterocycles. The van der Waals surface area contributed by atoms with Crippen LogP contribution in [0.3, 0.4) is 0 Å². The Labute approximate surface area is 138 Å². The Kier molecular flexibility index (Phi) is 6.06. The van der Waals surface area contributed by atoms with Crippen LogP contribution in [0.2, 0.25) is 0 Å². The second kappa shape index (κ2) is 8.24. The summed E-state index contributed by atoms with van der Waals surface area (Å²) in [5.41, 5.74) is 0.248. The van der Waals surface area contributed by atoms with Crippen LogP contribution >= 0.6 is 0 Å². The highest BCUT2D eigenvalue weighted by Gasteiger charge is 2.13. The number of benzene rings is 1. The lowest BCUT2D eigenvalue weighted by atomic mass is 10.2. The van der Waals surface area contributed by atoms with E-state index in [1.54, 1.807) is 19.2 Å². The van der Waals surface area contributed by atoms with Gasteiger partial charge < -0.3 is 14.6 Å². The summed E-state index contributed by atoms with van der Waals surface area (Å²) in [4.78, 5) is 25.0. The molecule has 7 heteroatoms. The van der Waals surface area contributed by atoms with Gasteiger partial charge in [0.2, 0.25) is 5.91 Å². The molecule has 2 rings (SSSR count). The predicted molar refractivity (Wildman–Crippen MR) is 83.1 cm³/mol. The first kappa shape index (κ1) is 17.7. The van der Waals surface area contributed by atoms with Gasteiger partial charge >= 0.3 is 0 Å². The minimum atomic E-state index is -0.680. The number of carbonyl (C=O) groups excluding carboxylic acids is 2. The Balaban J connectivity index is 1.72. The van der Waals surface area contributed by atoms with Crippen LogP contribution in [0.15, 0.2) is 41.0 Å². The largest absolute Gasteiger partial charge is 0.459 e. The van der Waals surface area contributed by atoms with Crippen molar-refractivity contribution in [1.29, 1.82) is 0 Å². The van der Waals surface area contributed by atoms with Crippen LogP contribution in [-0.4, -0.2) is 30.3 Å². The number of hydrogen-bond donors (Lipinski definition) is 1. The summed E-state index contributed by atoms with van der Waals surface area (Å²) in [7, 11) is 1.55. The average Bonchev–Trinajstić information content (AvgIpc) is 3.08. The molecule has 0 radical (unpaired) electrons. The summed E-state index contributed by atoms with van der Waals surface area (Å²) in [6.07, 6.45) is 2.06. The molecule has 0 saturated carbocycles. The molecule has 5 nitrogen and oxygen atoms in total. The number of furan rings is 1. The minimum absolute atomic E-state index is 0.0592. The molecule has 0 fully saturated rings. The van der Waals surface area contributed by atoms with E-state index in [1.807, 2.05) is 0 Å². The zero-order valence-corrected chi connectivity index (χ0v) is 13.2. The number of nitrogens with zero attached hydrogens (tertiary/aromatic N) is 1. The molecule has 1 N–H and O–H groups in total. The molecular formula is C17H18F2N2O3. The predicted octanol–water partition coefficient (Wildman–Crippen LogP) is 2.73. The van der Waals surface area contributed by atoms with E-state index >= 15 is 0 Å². The summed E-state index contributed by atoms with van der Waals surface area (Å²) < 4.78 is 31.4. The molecule has 2 amide bonds. The number of carbonyl (C=O) groups is 2.